The van der Waals surface area contributed by atoms with Gasteiger partial charge in [0.15, 0.2) is 0 Å². The SMILES string of the molecule is CCCCCCCCC1(I)c2cc(Nc3ccc([N+](=O)[O-])cc3)ccc2-c2ccc(Nc3ccc([N+](=O)[O-])cc3)cc21. The van der Waals surface area contributed by atoms with E-state index >= 15 is 0 Å². The lowest BCUT2D eigenvalue weighted by molar-refractivity contribution is -0.385. The first-order chi connectivity index (χ1) is 20.3. The minimum atomic E-state index is -0.395. The van der Waals surface area contributed by atoms with Crippen LogP contribution in [0.15, 0.2) is 84.9 Å². The molecule has 216 valence electrons. The summed E-state index contributed by atoms with van der Waals surface area (Å²) in [6.45, 7) is 2.23. The highest BCUT2D eigenvalue weighted by Crippen LogP contribution is 2.57. The van der Waals surface area contributed by atoms with Crippen LogP contribution in [-0.4, -0.2) is 9.85 Å². The van der Waals surface area contributed by atoms with Gasteiger partial charge in [-0.25, -0.2) is 0 Å². The zero-order valence-electron chi connectivity index (χ0n) is 23.4. The zero-order valence-corrected chi connectivity index (χ0v) is 25.6. The number of nitrogens with zero attached hydrogens (tertiary/aromatic N) is 2. The summed E-state index contributed by atoms with van der Waals surface area (Å²) in [5.41, 5.74) is 8.51. The minimum absolute atomic E-state index is 0.0632. The maximum Gasteiger partial charge on any atom is 0.269 e. The molecule has 42 heavy (non-hydrogen) atoms. The van der Waals surface area contributed by atoms with Crippen molar-refractivity contribution in [3.05, 3.63) is 116 Å². The normalized spacial score (nSPS) is 12.8. The largest absolute Gasteiger partial charge is 0.356 e. The number of fused-ring (bicyclic) bond motifs is 3. The van der Waals surface area contributed by atoms with Gasteiger partial charge >= 0.3 is 0 Å². The molecule has 0 aliphatic heterocycles. The summed E-state index contributed by atoms with van der Waals surface area (Å²) in [6.07, 6.45) is 8.32. The first-order valence-corrected chi connectivity index (χ1v) is 15.4. The fraction of sp³-hybridized carbons (Fsp3) is 0.273. The number of unbranched alkanes of at least 4 members (excludes halogenated alkanes) is 5. The molecule has 0 radical (unpaired) electrons. The van der Waals surface area contributed by atoms with Crippen molar-refractivity contribution in [2.24, 2.45) is 0 Å². The third-order valence-corrected chi connectivity index (χ3v) is 9.49. The first-order valence-electron chi connectivity index (χ1n) is 14.3. The van der Waals surface area contributed by atoms with E-state index in [1.807, 2.05) is 0 Å². The molecular weight excluding hydrogens is 643 g/mol. The molecule has 5 rings (SSSR count). The van der Waals surface area contributed by atoms with Crippen molar-refractivity contribution in [3.63, 3.8) is 0 Å². The molecule has 0 saturated heterocycles. The number of benzene rings is 4. The number of hydrogen-bond acceptors (Lipinski definition) is 6. The number of nitro benzene ring substituents is 2. The van der Waals surface area contributed by atoms with Crippen molar-refractivity contribution in [3.8, 4) is 11.1 Å². The van der Waals surface area contributed by atoms with Crippen LogP contribution in [0.2, 0.25) is 0 Å². The second-order valence-corrected chi connectivity index (χ2v) is 12.5. The molecule has 1 aliphatic carbocycles. The van der Waals surface area contributed by atoms with Crippen LogP contribution in [0.3, 0.4) is 0 Å². The Morgan fingerprint density at radius 1 is 0.619 bits per heavy atom. The second kappa shape index (κ2) is 12.9. The Bertz CT molecular complexity index is 1480. The fourth-order valence-electron chi connectivity index (χ4n) is 5.60. The van der Waals surface area contributed by atoms with Gasteiger partial charge in [-0.15, -0.1) is 0 Å². The number of hydrogen-bond donors (Lipinski definition) is 2. The van der Waals surface area contributed by atoms with Gasteiger partial charge in [-0.1, -0.05) is 80.2 Å². The molecule has 0 saturated carbocycles. The number of alkyl halides is 1. The van der Waals surface area contributed by atoms with Crippen molar-refractivity contribution >= 4 is 56.7 Å². The molecule has 0 spiro atoms. The predicted octanol–water partition coefficient (Wildman–Crippen LogP) is 10.4. The molecule has 4 aromatic rings. The van der Waals surface area contributed by atoms with Crippen molar-refractivity contribution in [2.45, 2.75) is 55.3 Å². The Morgan fingerprint density at radius 2 is 1.02 bits per heavy atom. The van der Waals surface area contributed by atoms with Gasteiger partial charge in [0, 0.05) is 47.0 Å². The smallest absolute Gasteiger partial charge is 0.269 e. The number of rotatable bonds is 13. The highest BCUT2D eigenvalue weighted by molar-refractivity contribution is 14.1. The van der Waals surface area contributed by atoms with E-state index in [0.29, 0.717) is 0 Å². The van der Waals surface area contributed by atoms with Gasteiger partial charge < -0.3 is 10.6 Å². The summed E-state index contributed by atoms with van der Waals surface area (Å²) in [7, 11) is 0. The van der Waals surface area contributed by atoms with Gasteiger partial charge in [-0.05, 0) is 77.2 Å². The molecule has 0 unspecified atom stereocenters. The van der Waals surface area contributed by atoms with Crippen LogP contribution in [0.4, 0.5) is 34.1 Å². The van der Waals surface area contributed by atoms with Crippen molar-refractivity contribution in [1.82, 2.24) is 0 Å². The zero-order chi connectivity index (χ0) is 29.7. The van der Waals surface area contributed by atoms with Crippen LogP contribution in [0.25, 0.3) is 11.1 Å². The average Bonchev–Trinajstić information content (AvgIpc) is 3.22. The van der Waals surface area contributed by atoms with Gasteiger partial charge in [0.2, 0.25) is 0 Å². The number of anilines is 4. The lowest BCUT2D eigenvalue weighted by Crippen LogP contribution is -2.17. The molecule has 0 aromatic heterocycles. The Kier molecular flexibility index (Phi) is 9.06. The van der Waals surface area contributed by atoms with E-state index in [-0.39, 0.29) is 14.8 Å². The van der Waals surface area contributed by atoms with Gasteiger partial charge in [0.1, 0.15) is 0 Å². The van der Waals surface area contributed by atoms with E-state index in [1.165, 1.54) is 78.6 Å². The highest BCUT2D eigenvalue weighted by atomic mass is 127. The second-order valence-electron chi connectivity index (χ2n) is 10.7. The van der Waals surface area contributed by atoms with E-state index in [0.717, 1.165) is 35.6 Å². The van der Waals surface area contributed by atoms with Crippen molar-refractivity contribution in [2.75, 3.05) is 10.6 Å². The number of nitro groups is 2. The summed E-state index contributed by atoms with van der Waals surface area (Å²) in [6, 6.07) is 25.8. The average molecular weight is 677 g/mol. The summed E-state index contributed by atoms with van der Waals surface area (Å²) in [5.74, 6) is 0. The van der Waals surface area contributed by atoms with E-state index < -0.39 is 9.85 Å². The van der Waals surface area contributed by atoms with E-state index in [2.05, 4.69) is 76.5 Å². The van der Waals surface area contributed by atoms with Gasteiger partial charge in [-0.2, -0.15) is 0 Å². The lowest BCUT2D eigenvalue weighted by Gasteiger charge is -2.26. The van der Waals surface area contributed by atoms with Crippen LogP contribution in [-0.2, 0) is 3.42 Å². The molecule has 0 amide bonds. The van der Waals surface area contributed by atoms with Crippen LogP contribution >= 0.6 is 22.6 Å². The molecule has 0 heterocycles. The molecule has 4 aromatic carbocycles. The third-order valence-electron chi connectivity index (χ3n) is 7.79. The van der Waals surface area contributed by atoms with Crippen LogP contribution in [0.1, 0.15) is 63.0 Å². The quantitative estimate of drug-likeness (QED) is 0.0479. The summed E-state index contributed by atoms with van der Waals surface area (Å²) >= 11 is 2.63. The van der Waals surface area contributed by atoms with Crippen molar-refractivity contribution in [1.29, 1.82) is 0 Å². The molecule has 0 fully saturated rings. The molecule has 8 nitrogen and oxygen atoms in total. The number of non-ortho nitro benzene ring substituents is 2. The molecule has 2 N–H and O–H groups in total. The van der Waals surface area contributed by atoms with Crippen LogP contribution in [0.5, 0.6) is 0 Å². The van der Waals surface area contributed by atoms with Gasteiger partial charge in [0.25, 0.3) is 11.4 Å². The maximum atomic E-state index is 11.1. The lowest BCUT2D eigenvalue weighted by atomic mass is 9.90. The summed E-state index contributed by atoms with van der Waals surface area (Å²) in [4.78, 5) is 21.3. The Hall–Kier alpha value is -3.99. The number of nitrogens with one attached hydrogen (secondary N) is 2. The van der Waals surface area contributed by atoms with E-state index in [9.17, 15) is 20.2 Å². The van der Waals surface area contributed by atoms with Crippen LogP contribution < -0.4 is 10.6 Å². The fourth-order valence-corrected chi connectivity index (χ4v) is 6.87. The topological polar surface area (TPSA) is 110 Å². The van der Waals surface area contributed by atoms with Crippen molar-refractivity contribution < 1.29 is 9.85 Å². The molecule has 9 heteroatoms. The monoisotopic (exact) mass is 676 g/mol. The number of halogens is 1. The first kappa shape index (κ1) is 29.5. The maximum absolute atomic E-state index is 11.1. The Balaban J connectivity index is 1.43. The predicted molar refractivity (Wildman–Crippen MR) is 177 cm³/mol. The van der Waals surface area contributed by atoms with Gasteiger partial charge in [0.05, 0.1) is 13.3 Å². The van der Waals surface area contributed by atoms with Crippen LogP contribution in [0, 0.1) is 20.2 Å². The summed E-state index contributed by atoms with van der Waals surface area (Å²) < 4.78 is -0.229. The molecule has 1 aliphatic rings. The van der Waals surface area contributed by atoms with E-state index in [1.54, 1.807) is 24.3 Å². The molecule has 0 bridgehead atoms. The Labute approximate surface area is 259 Å². The third kappa shape index (κ3) is 6.41. The minimum Gasteiger partial charge on any atom is -0.356 e. The highest BCUT2D eigenvalue weighted by Gasteiger charge is 2.41. The standard InChI is InChI=1S/C33H33IN4O4/c1-2-3-4-5-6-7-20-33(34)31-21-25(35-23-8-14-27(15-9-23)37(39)40)12-18-29(31)30-19-13-26(22-32(30)33)36-24-10-16-28(17-11-24)38(41)42/h8-19,21-22,35-36H,2-7,20H2,1H3. The van der Waals surface area contributed by atoms with Gasteiger partial charge in [-0.3, -0.25) is 20.2 Å². The Morgan fingerprint density at radius 3 is 1.45 bits per heavy atom. The van der Waals surface area contributed by atoms with E-state index in [4.69, 9.17) is 0 Å². The molecule has 0 atom stereocenters. The summed E-state index contributed by atoms with van der Waals surface area (Å²) in [5, 5.41) is 29.0. The molecular formula is C33H33IN4O4.